The Morgan fingerprint density at radius 1 is 1.14 bits per heavy atom. The Balaban J connectivity index is 0.00000176. The molecule has 36 heavy (non-hydrogen) atoms. The van der Waals surface area contributed by atoms with E-state index in [0.29, 0.717) is 40.9 Å². The zero-order valence-electron chi connectivity index (χ0n) is 21.1. The lowest BCUT2D eigenvalue weighted by Crippen LogP contribution is -2.41. The van der Waals surface area contributed by atoms with Crippen LogP contribution in [0.3, 0.4) is 0 Å². The van der Waals surface area contributed by atoms with E-state index in [-0.39, 0.29) is 23.9 Å². The Bertz CT molecular complexity index is 1160. The van der Waals surface area contributed by atoms with Gasteiger partial charge in [-0.2, -0.15) is 18.4 Å². The van der Waals surface area contributed by atoms with E-state index in [1.54, 1.807) is 24.3 Å². The van der Waals surface area contributed by atoms with Gasteiger partial charge < -0.3 is 10.6 Å². The van der Waals surface area contributed by atoms with E-state index in [0.717, 1.165) is 5.57 Å². The average Bonchev–Trinajstić information content (AvgIpc) is 2.94. The maximum atomic E-state index is 14.5. The second-order valence-corrected chi connectivity index (χ2v) is 9.48. The molecule has 0 aromatic heterocycles. The summed E-state index contributed by atoms with van der Waals surface area (Å²) in [6, 6.07) is 3.80. The second-order valence-electron chi connectivity index (χ2n) is 9.48. The number of rotatable bonds is 2. The minimum absolute atomic E-state index is 0.0228. The summed E-state index contributed by atoms with van der Waals surface area (Å²) in [4.78, 5) is 0. The van der Waals surface area contributed by atoms with Crippen molar-refractivity contribution < 1.29 is 17.6 Å². The Hall–Kier alpha value is -3.27. The van der Waals surface area contributed by atoms with Crippen molar-refractivity contribution in [3.8, 4) is 6.07 Å². The molecule has 2 aliphatic carbocycles. The highest BCUT2D eigenvalue weighted by molar-refractivity contribution is 5.83. The van der Waals surface area contributed by atoms with Crippen molar-refractivity contribution in [2.45, 2.75) is 59.2 Å². The van der Waals surface area contributed by atoms with E-state index in [9.17, 15) is 22.8 Å². The molecular weight excluding hydrogens is 466 g/mol. The van der Waals surface area contributed by atoms with Crippen LogP contribution >= 0.6 is 0 Å². The summed E-state index contributed by atoms with van der Waals surface area (Å²) in [6.07, 6.45) is 5.27. The number of alkyl halides is 3. The molecule has 4 unspecified atom stereocenters. The van der Waals surface area contributed by atoms with Crippen LogP contribution in [0.25, 0.3) is 6.08 Å². The van der Waals surface area contributed by atoms with Crippen molar-refractivity contribution in [1.82, 2.24) is 0 Å². The van der Waals surface area contributed by atoms with Crippen LogP contribution in [0.4, 0.5) is 28.9 Å². The van der Waals surface area contributed by atoms with E-state index < -0.39 is 24.0 Å². The van der Waals surface area contributed by atoms with Crippen molar-refractivity contribution in [2.24, 2.45) is 17.8 Å². The standard InChI is InChI=1S/C27H27F4N3.C2H6/c1-15-10-18(14-32)5-7-20-19(11-15)12-16(2)13-22(27(29,30)31)25(20)34-24-9-8-23(28)26-21(24)6-4-17(3)33-26;1-2/h4-9,11,16,19,22,25,33-34H,3,10,12-13H2,1-2H3;1-2H3/b15-11?,18-5+,20-7+;. The predicted octanol–water partition coefficient (Wildman–Crippen LogP) is 8.54. The van der Waals surface area contributed by atoms with Gasteiger partial charge in [-0.05, 0) is 61.6 Å². The molecule has 1 fully saturated rings. The quantitative estimate of drug-likeness (QED) is 0.317. The molecule has 7 heteroatoms. The molecule has 192 valence electrons. The van der Waals surface area contributed by atoms with Crippen molar-refractivity contribution in [3.05, 3.63) is 76.8 Å². The molecule has 4 rings (SSSR count). The van der Waals surface area contributed by atoms with Gasteiger partial charge >= 0.3 is 6.18 Å². The highest BCUT2D eigenvalue weighted by atomic mass is 19.4. The Kier molecular flexibility index (Phi) is 8.50. The number of allylic oxidation sites excluding steroid dienone is 6. The van der Waals surface area contributed by atoms with Crippen LogP contribution in [-0.2, 0) is 0 Å². The first-order valence-corrected chi connectivity index (χ1v) is 12.3. The van der Waals surface area contributed by atoms with E-state index in [1.165, 1.54) is 12.1 Å². The van der Waals surface area contributed by atoms with E-state index in [1.807, 2.05) is 33.8 Å². The van der Waals surface area contributed by atoms with E-state index in [4.69, 9.17) is 0 Å². The number of nitrogens with one attached hydrogen (secondary N) is 2. The fourth-order valence-electron chi connectivity index (χ4n) is 5.20. The van der Waals surface area contributed by atoms with Crippen LogP contribution in [0.2, 0.25) is 0 Å². The number of hydrogen-bond donors (Lipinski definition) is 2. The fraction of sp³-hybridized carbons (Fsp3) is 0.414. The highest BCUT2D eigenvalue weighted by Crippen LogP contribution is 2.46. The molecule has 0 saturated heterocycles. The van der Waals surface area contributed by atoms with Gasteiger partial charge in [-0.1, -0.05) is 45.1 Å². The molecule has 1 aromatic carbocycles. The molecular formula is C29H33F4N3. The predicted molar refractivity (Wildman–Crippen MR) is 139 cm³/mol. The largest absolute Gasteiger partial charge is 0.394 e. The third-order valence-corrected chi connectivity index (χ3v) is 6.74. The molecule has 0 amide bonds. The van der Waals surface area contributed by atoms with Gasteiger partial charge in [-0.3, -0.25) is 0 Å². The Labute approximate surface area is 211 Å². The zero-order chi connectivity index (χ0) is 26.6. The molecule has 2 N–H and O–H groups in total. The van der Waals surface area contributed by atoms with Gasteiger partial charge in [0.1, 0.15) is 5.82 Å². The SMILES string of the molecule is C=C1C=Cc2c(NC3/C4=C/C=C(/C#N)CC(C)=CC4CC(C)CC3C(F)(F)F)ccc(F)c2N1.CC. The molecule has 3 aliphatic rings. The summed E-state index contributed by atoms with van der Waals surface area (Å²) in [6.45, 7) is 11.5. The van der Waals surface area contributed by atoms with Crippen LogP contribution in [0, 0.1) is 34.9 Å². The minimum Gasteiger partial charge on any atom is -0.377 e. The van der Waals surface area contributed by atoms with E-state index >= 15 is 0 Å². The smallest absolute Gasteiger partial charge is 0.377 e. The highest BCUT2D eigenvalue weighted by Gasteiger charge is 2.49. The fourth-order valence-corrected chi connectivity index (χ4v) is 5.20. The topological polar surface area (TPSA) is 47.9 Å². The average molecular weight is 500 g/mol. The van der Waals surface area contributed by atoms with Gasteiger partial charge in [0.05, 0.1) is 23.7 Å². The first-order valence-electron chi connectivity index (χ1n) is 12.3. The second kappa shape index (κ2) is 11.2. The van der Waals surface area contributed by atoms with Gasteiger partial charge in [-0.25, -0.2) is 4.39 Å². The first kappa shape index (κ1) is 27.3. The lowest BCUT2D eigenvalue weighted by Gasteiger charge is -2.34. The van der Waals surface area contributed by atoms with Crippen LogP contribution in [0.1, 0.15) is 52.5 Å². The minimum atomic E-state index is -4.44. The first-order chi connectivity index (χ1) is 17.1. The zero-order valence-corrected chi connectivity index (χ0v) is 21.1. The number of benzene rings is 1. The van der Waals surface area contributed by atoms with Gasteiger partial charge in [0, 0.05) is 34.9 Å². The van der Waals surface area contributed by atoms with Crippen LogP contribution in [-0.4, -0.2) is 12.2 Å². The van der Waals surface area contributed by atoms with Gasteiger partial charge in [-0.15, -0.1) is 0 Å². The summed E-state index contributed by atoms with van der Waals surface area (Å²) in [5.41, 5.74) is 3.61. The van der Waals surface area contributed by atoms with Gasteiger partial charge in [0.2, 0.25) is 0 Å². The Morgan fingerprint density at radius 3 is 2.53 bits per heavy atom. The van der Waals surface area contributed by atoms with Crippen LogP contribution in [0.5, 0.6) is 0 Å². The molecule has 1 aliphatic heterocycles. The van der Waals surface area contributed by atoms with Crippen LogP contribution < -0.4 is 10.6 Å². The monoisotopic (exact) mass is 499 g/mol. The lowest BCUT2D eigenvalue weighted by atomic mass is 9.83. The number of nitriles is 1. The molecule has 1 aromatic rings. The maximum absolute atomic E-state index is 14.5. The normalized spacial score (nSPS) is 28.4. The van der Waals surface area contributed by atoms with Crippen molar-refractivity contribution in [2.75, 3.05) is 10.6 Å². The van der Waals surface area contributed by atoms with Crippen molar-refractivity contribution in [3.63, 3.8) is 0 Å². The number of halogens is 4. The third-order valence-electron chi connectivity index (χ3n) is 6.74. The third kappa shape index (κ3) is 5.92. The lowest BCUT2D eigenvalue weighted by molar-refractivity contribution is -0.179. The molecule has 4 atom stereocenters. The molecule has 3 nitrogen and oxygen atoms in total. The van der Waals surface area contributed by atoms with Gasteiger partial charge in [0.25, 0.3) is 0 Å². The molecule has 0 radical (unpaired) electrons. The number of anilines is 2. The molecule has 0 spiro atoms. The summed E-state index contributed by atoms with van der Waals surface area (Å²) in [5.74, 6) is -2.49. The summed E-state index contributed by atoms with van der Waals surface area (Å²) >= 11 is 0. The van der Waals surface area contributed by atoms with Crippen molar-refractivity contribution in [1.29, 1.82) is 5.26 Å². The van der Waals surface area contributed by atoms with E-state index in [2.05, 4.69) is 23.3 Å². The summed E-state index contributed by atoms with van der Waals surface area (Å²) in [5, 5.41) is 15.5. The number of nitrogens with zero attached hydrogens (tertiary/aromatic N) is 1. The maximum Gasteiger partial charge on any atom is 0.394 e. The number of fused-ring (bicyclic) bond motifs is 2. The molecule has 1 heterocycles. The molecule has 1 saturated carbocycles. The van der Waals surface area contributed by atoms with Crippen LogP contribution in [0.15, 0.2) is 65.4 Å². The van der Waals surface area contributed by atoms with Crippen molar-refractivity contribution >= 4 is 17.5 Å². The Morgan fingerprint density at radius 2 is 1.86 bits per heavy atom. The number of hydrogen-bond acceptors (Lipinski definition) is 3. The summed E-state index contributed by atoms with van der Waals surface area (Å²) in [7, 11) is 0. The van der Waals surface area contributed by atoms with Gasteiger partial charge in [0.15, 0.2) is 0 Å². The molecule has 0 bridgehead atoms. The summed E-state index contributed by atoms with van der Waals surface area (Å²) < 4.78 is 57.7.